The zero-order valence-electron chi connectivity index (χ0n) is 15.4. The second-order valence-electron chi connectivity index (χ2n) is 6.31. The van der Waals surface area contributed by atoms with E-state index >= 15 is 0 Å². The third-order valence-electron chi connectivity index (χ3n) is 3.85. The van der Waals surface area contributed by atoms with Crippen LogP contribution in [0.25, 0.3) is 6.08 Å². The van der Waals surface area contributed by atoms with Crippen LogP contribution in [0.1, 0.15) is 36.2 Å². The summed E-state index contributed by atoms with van der Waals surface area (Å²) >= 11 is 0. The lowest BCUT2D eigenvalue weighted by Crippen LogP contribution is -2.03. The molecule has 0 N–H and O–H groups in total. The summed E-state index contributed by atoms with van der Waals surface area (Å²) < 4.78 is 11.1. The summed E-state index contributed by atoms with van der Waals surface area (Å²) in [6.07, 6.45) is 2.52. The van der Waals surface area contributed by atoms with Crippen LogP contribution in [0.4, 0.5) is 0 Å². The zero-order chi connectivity index (χ0) is 18.9. The number of allylic oxidation sites excluding steroid dienone is 1. The van der Waals surface area contributed by atoms with Crippen molar-refractivity contribution in [3.63, 3.8) is 0 Å². The van der Waals surface area contributed by atoms with E-state index in [1.54, 1.807) is 49.6 Å². The van der Waals surface area contributed by atoms with E-state index in [0.717, 1.165) is 6.42 Å². The second-order valence-corrected chi connectivity index (χ2v) is 6.31. The largest absolute Gasteiger partial charge is 0.493 e. The molecule has 0 unspecified atom stereocenters. The SMILES string of the molecule is COc1cc(C=C(C#N)C(=O)c2ccccc2)ccc1OCCC(C)C. The summed E-state index contributed by atoms with van der Waals surface area (Å²) in [4.78, 5) is 12.5. The van der Waals surface area contributed by atoms with Gasteiger partial charge in [-0.1, -0.05) is 50.2 Å². The van der Waals surface area contributed by atoms with Crippen molar-refractivity contribution in [1.29, 1.82) is 5.26 Å². The molecule has 0 fully saturated rings. The molecule has 4 nitrogen and oxygen atoms in total. The number of methoxy groups -OCH3 is 1. The van der Waals surface area contributed by atoms with Crippen molar-refractivity contribution in [2.45, 2.75) is 20.3 Å². The summed E-state index contributed by atoms with van der Waals surface area (Å²) in [6, 6.07) is 16.1. The van der Waals surface area contributed by atoms with E-state index in [4.69, 9.17) is 9.47 Å². The van der Waals surface area contributed by atoms with Gasteiger partial charge in [-0.25, -0.2) is 0 Å². The van der Waals surface area contributed by atoms with Crippen LogP contribution in [0.15, 0.2) is 54.1 Å². The highest BCUT2D eigenvalue weighted by Crippen LogP contribution is 2.29. The Morgan fingerprint density at radius 2 is 1.88 bits per heavy atom. The molecule has 0 amide bonds. The average molecular weight is 349 g/mol. The topological polar surface area (TPSA) is 59.3 Å². The number of Topliss-reactive ketones (excluding diaryl/α,β-unsaturated/α-hetero) is 1. The molecular weight excluding hydrogens is 326 g/mol. The molecule has 0 aliphatic rings. The molecule has 0 saturated carbocycles. The first-order valence-corrected chi connectivity index (χ1v) is 8.57. The van der Waals surface area contributed by atoms with E-state index in [1.807, 2.05) is 18.2 Å². The first-order valence-electron chi connectivity index (χ1n) is 8.57. The summed E-state index contributed by atoms with van der Waals surface area (Å²) in [7, 11) is 1.57. The van der Waals surface area contributed by atoms with Gasteiger partial charge in [0.05, 0.1) is 13.7 Å². The fraction of sp³-hybridized carbons (Fsp3) is 0.273. The van der Waals surface area contributed by atoms with Crippen molar-refractivity contribution in [3.05, 3.63) is 65.2 Å². The normalized spacial score (nSPS) is 11.1. The minimum absolute atomic E-state index is 0.0757. The first-order chi connectivity index (χ1) is 12.5. The minimum atomic E-state index is -0.302. The summed E-state index contributed by atoms with van der Waals surface area (Å²) in [6.45, 7) is 4.89. The number of carbonyl (C=O) groups excluding carboxylic acids is 1. The predicted octanol–water partition coefficient (Wildman–Crippen LogP) is 4.91. The number of rotatable bonds is 8. The van der Waals surface area contributed by atoms with Gasteiger partial charge in [0.1, 0.15) is 11.6 Å². The molecule has 0 aliphatic heterocycles. The fourth-order valence-corrected chi connectivity index (χ4v) is 2.36. The van der Waals surface area contributed by atoms with Crippen molar-refractivity contribution in [3.8, 4) is 17.6 Å². The average Bonchev–Trinajstić information content (AvgIpc) is 2.66. The Morgan fingerprint density at radius 3 is 2.50 bits per heavy atom. The highest BCUT2D eigenvalue weighted by atomic mass is 16.5. The summed E-state index contributed by atoms with van der Waals surface area (Å²) in [5, 5.41) is 9.37. The van der Waals surface area contributed by atoms with Gasteiger partial charge in [-0.3, -0.25) is 4.79 Å². The summed E-state index contributed by atoms with van der Waals surface area (Å²) in [5.74, 6) is 1.49. The number of ketones is 1. The van der Waals surface area contributed by atoms with E-state index in [2.05, 4.69) is 13.8 Å². The molecular formula is C22H23NO3. The predicted molar refractivity (Wildman–Crippen MR) is 102 cm³/mol. The maximum Gasteiger partial charge on any atom is 0.203 e. The van der Waals surface area contributed by atoms with Gasteiger partial charge in [0, 0.05) is 5.56 Å². The Morgan fingerprint density at radius 1 is 1.15 bits per heavy atom. The molecule has 2 rings (SSSR count). The number of ether oxygens (including phenoxy) is 2. The van der Waals surface area contributed by atoms with Crippen LogP contribution in [0.3, 0.4) is 0 Å². The Balaban J connectivity index is 2.23. The Bertz CT molecular complexity index is 817. The van der Waals surface area contributed by atoms with E-state index in [9.17, 15) is 10.1 Å². The maximum atomic E-state index is 12.5. The third-order valence-corrected chi connectivity index (χ3v) is 3.85. The zero-order valence-corrected chi connectivity index (χ0v) is 15.4. The van der Waals surface area contributed by atoms with Crippen molar-refractivity contribution in [2.75, 3.05) is 13.7 Å². The fourth-order valence-electron chi connectivity index (χ4n) is 2.36. The highest BCUT2D eigenvalue weighted by molar-refractivity contribution is 6.14. The lowest BCUT2D eigenvalue weighted by molar-refractivity contribution is 0.104. The van der Waals surface area contributed by atoms with Gasteiger partial charge in [-0.05, 0) is 36.1 Å². The molecule has 0 aromatic heterocycles. The van der Waals surface area contributed by atoms with Gasteiger partial charge in [-0.15, -0.1) is 0 Å². The van der Waals surface area contributed by atoms with Gasteiger partial charge in [0.25, 0.3) is 0 Å². The number of carbonyl (C=O) groups is 1. The van der Waals surface area contributed by atoms with Gasteiger partial charge in [-0.2, -0.15) is 5.26 Å². The standard InChI is InChI=1S/C22H23NO3/c1-16(2)11-12-26-20-10-9-17(14-21(20)25-3)13-19(15-23)22(24)18-7-5-4-6-8-18/h4-10,13-14,16H,11-12H2,1-3H3. The monoisotopic (exact) mass is 349 g/mol. The molecule has 134 valence electrons. The Hall–Kier alpha value is -3.06. The van der Waals surface area contributed by atoms with Crippen molar-refractivity contribution >= 4 is 11.9 Å². The molecule has 26 heavy (non-hydrogen) atoms. The second kappa shape index (κ2) is 9.43. The number of hydrogen-bond donors (Lipinski definition) is 0. The van der Waals surface area contributed by atoms with Gasteiger partial charge >= 0.3 is 0 Å². The molecule has 0 aliphatic carbocycles. The maximum absolute atomic E-state index is 12.5. The van der Waals surface area contributed by atoms with Crippen LogP contribution in [0.2, 0.25) is 0 Å². The number of nitriles is 1. The highest BCUT2D eigenvalue weighted by Gasteiger charge is 2.12. The molecule has 2 aromatic rings. The van der Waals surface area contributed by atoms with Crippen LogP contribution in [-0.4, -0.2) is 19.5 Å². The molecule has 0 radical (unpaired) electrons. The quantitative estimate of drug-likeness (QED) is 0.386. The van der Waals surface area contributed by atoms with Crippen molar-refractivity contribution in [1.82, 2.24) is 0 Å². The van der Waals surface area contributed by atoms with E-state index in [-0.39, 0.29) is 11.4 Å². The number of benzene rings is 2. The number of nitrogens with zero attached hydrogens (tertiary/aromatic N) is 1. The van der Waals surface area contributed by atoms with E-state index in [0.29, 0.717) is 35.2 Å². The molecule has 0 heterocycles. The number of hydrogen-bond acceptors (Lipinski definition) is 4. The van der Waals surface area contributed by atoms with Gasteiger partial charge in [0.2, 0.25) is 5.78 Å². The van der Waals surface area contributed by atoms with Gasteiger partial charge in [0.15, 0.2) is 11.5 Å². The Kier molecular flexibility index (Phi) is 6.99. The Labute approximate surface area is 154 Å². The van der Waals surface area contributed by atoms with Gasteiger partial charge < -0.3 is 9.47 Å². The van der Waals surface area contributed by atoms with Crippen LogP contribution in [0, 0.1) is 17.2 Å². The van der Waals surface area contributed by atoms with Crippen LogP contribution >= 0.6 is 0 Å². The van der Waals surface area contributed by atoms with Crippen molar-refractivity contribution in [2.24, 2.45) is 5.92 Å². The molecule has 0 bridgehead atoms. The first kappa shape index (κ1) is 19.3. The third kappa shape index (κ3) is 5.22. The molecule has 0 spiro atoms. The smallest absolute Gasteiger partial charge is 0.203 e. The minimum Gasteiger partial charge on any atom is -0.493 e. The van der Waals surface area contributed by atoms with Crippen LogP contribution in [-0.2, 0) is 0 Å². The van der Waals surface area contributed by atoms with E-state index < -0.39 is 0 Å². The lowest BCUT2D eigenvalue weighted by Gasteiger charge is -2.12. The summed E-state index contributed by atoms with van der Waals surface area (Å²) in [5.41, 5.74) is 1.27. The van der Waals surface area contributed by atoms with Crippen LogP contribution in [0.5, 0.6) is 11.5 Å². The molecule has 4 heteroatoms. The molecule has 2 aromatic carbocycles. The van der Waals surface area contributed by atoms with Crippen LogP contribution < -0.4 is 9.47 Å². The molecule has 0 atom stereocenters. The lowest BCUT2D eigenvalue weighted by atomic mass is 10.0. The molecule has 0 saturated heterocycles. The van der Waals surface area contributed by atoms with Crippen molar-refractivity contribution < 1.29 is 14.3 Å². The van der Waals surface area contributed by atoms with E-state index in [1.165, 1.54) is 0 Å².